The Balaban J connectivity index is 1.16. The topological polar surface area (TPSA) is 71.5 Å². The average Bonchev–Trinajstić information content (AvgIpc) is 3.55. The second-order valence-corrected chi connectivity index (χ2v) is 9.13. The van der Waals surface area contributed by atoms with Crippen molar-refractivity contribution in [3.05, 3.63) is 59.2 Å². The first kappa shape index (κ1) is 18.9. The fraction of sp³-hybridized carbons (Fsp3) is 0.391. The first-order chi connectivity index (χ1) is 15.2. The molecule has 1 spiro atoms. The van der Waals surface area contributed by atoms with Gasteiger partial charge in [-0.25, -0.2) is 15.0 Å². The van der Waals surface area contributed by atoms with Crippen LogP contribution < -0.4 is 4.90 Å². The molecular formula is C23H23N5O2S. The highest BCUT2D eigenvalue weighted by atomic mass is 32.1. The summed E-state index contributed by atoms with van der Waals surface area (Å²) in [5, 5.41) is 1.99. The number of thiazole rings is 1. The highest BCUT2D eigenvalue weighted by Gasteiger charge is 2.58. The van der Waals surface area contributed by atoms with Crippen LogP contribution in [0.3, 0.4) is 0 Å². The summed E-state index contributed by atoms with van der Waals surface area (Å²) in [5.74, 6) is 0.852. The van der Waals surface area contributed by atoms with Gasteiger partial charge in [-0.3, -0.25) is 4.79 Å². The zero-order valence-electron chi connectivity index (χ0n) is 17.1. The molecule has 158 valence electrons. The van der Waals surface area contributed by atoms with E-state index in [-0.39, 0.29) is 18.2 Å². The molecule has 7 nitrogen and oxygen atoms in total. The molecule has 1 amide bonds. The number of hydrogen-bond acceptors (Lipinski definition) is 7. The lowest BCUT2D eigenvalue weighted by molar-refractivity contribution is -0.140. The van der Waals surface area contributed by atoms with E-state index in [1.54, 1.807) is 16.8 Å². The maximum absolute atomic E-state index is 13.5. The van der Waals surface area contributed by atoms with Crippen LogP contribution in [-0.2, 0) is 9.53 Å². The Labute approximate surface area is 184 Å². The lowest BCUT2D eigenvalue weighted by Crippen LogP contribution is -2.50. The minimum atomic E-state index is -0.699. The van der Waals surface area contributed by atoms with Crippen LogP contribution >= 0.6 is 11.3 Å². The van der Waals surface area contributed by atoms with Gasteiger partial charge in [0.05, 0.1) is 17.2 Å². The van der Waals surface area contributed by atoms with Crippen molar-refractivity contribution in [2.45, 2.75) is 43.6 Å². The molecule has 0 aliphatic carbocycles. The summed E-state index contributed by atoms with van der Waals surface area (Å²) in [7, 11) is 0. The summed E-state index contributed by atoms with van der Waals surface area (Å²) >= 11 is 1.56. The average molecular weight is 434 g/mol. The summed E-state index contributed by atoms with van der Waals surface area (Å²) in [5.41, 5.74) is 4.12. The van der Waals surface area contributed by atoms with Crippen LogP contribution in [-0.4, -0.2) is 50.7 Å². The van der Waals surface area contributed by atoms with Crippen LogP contribution in [0.15, 0.2) is 53.6 Å². The van der Waals surface area contributed by atoms with E-state index in [0.717, 1.165) is 24.1 Å². The van der Waals surface area contributed by atoms with Crippen LogP contribution in [0.25, 0.3) is 11.3 Å². The minimum Gasteiger partial charge on any atom is -0.342 e. The van der Waals surface area contributed by atoms with E-state index in [1.165, 1.54) is 5.56 Å². The highest BCUT2D eigenvalue weighted by molar-refractivity contribution is 7.07. The molecule has 6 rings (SSSR count). The number of benzene rings is 1. The van der Waals surface area contributed by atoms with Gasteiger partial charge in [0.1, 0.15) is 6.23 Å². The van der Waals surface area contributed by atoms with Gasteiger partial charge in [-0.2, -0.15) is 0 Å². The number of ether oxygens (including phenoxy) is 1. The Bertz CT molecular complexity index is 1070. The molecule has 1 aromatic carbocycles. The van der Waals surface area contributed by atoms with Gasteiger partial charge in [-0.15, -0.1) is 11.3 Å². The van der Waals surface area contributed by atoms with E-state index in [4.69, 9.17) is 4.74 Å². The summed E-state index contributed by atoms with van der Waals surface area (Å²) in [4.78, 5) is 31.1. The van der Waals surface area contributed by atoms with E-state index in [0.29, 0.717) is 31.9 Å². The molecule has 31 heavy (non-hydrogen) atoms. The van der Waals surface area contributed by atoms with Crippen LogP contribution in [0, 0.1) is 0 Å². The van der Waals surface area contributed by atoms with E-state index in [1.807, 2.05) is 40.9 Å². The summed E-state index contributed by atoms with van der Waals surface area (Å²) in [6, 6.07) is 10.4. The molecule has 0 bridgehead atoms. The van der Waals surface area contributed by atoms with Crippen molar-refractivity contribution < 1.29 is 9.53 Å². The predicted octanol–water partition coefficient (Wildman–Crippen LogP) is 3.66. The Morgan fingerprint density at radius 1 is 1.03 bits per heavy atom. The zero-order valence-corrected chi connectivity index (χ0v) is 17.9. The quantitative estimate of drug-likeness (QED) is 0.628. The van der Waals surface area contributed by atoms with Gasteiger partial charge >= 0.3 is 0 Å². The Kier molecular flexibility index (Phi) is 4.50. The molecule has 2 atom stereocenters. The van der Waals surface area contributed by atoms with Gasteiger partial charge in [0.2, 0.25) is 5.95 Å². The SMILES string of the molecule is O=C1N2[C@@H](CC[C@H]2c2ccccc2)OC12CCN(c1ncc(-c3cscn3)cn1)CC2. The first-order valence-corrected chi connectivity index (χ1v) is 11.7. The smallest absolute Gasteiger partial charge is 0.257 e. The number of anilines is 1. The number of rotatable bonds is 3. The summed E-state index contributed by atoms with van der Waals surface area (Å²) in [6.07, 6.45) is 6.73. The van der Waals surface area contributed by atoms with Gasteiger partial charge < -0.3 is 14.5 Å². The third-order valence-corrected chi connectivity index (χ3v) is 7.31. The Hall–Kier alpha value is -2.84. The van der Waals surface area contributed by atoms with E-state index in [2.05, 4.69) is 32.0 Å². The maximum Gasteiger partial charge on any atom is 0.257 e. The van der Waals surface area contributed by atoms with E-state index < -0.39 is 5.60 Å². The Morgan fingerprint density at radius 3 is 2.52 bits per heavy atom. The minimum absolute atomic E-state index is 0.0992. The standard InChI is InChI=1S/C23H23N5O2S/c29-21-23(30-20-7-6-19(28(20)21)16-4-2-1-3-5-16)8-10-27(11-9-23)22-24-12-17(13-25-22)18-14-31-15-26-18/h1-5,12-15,19-20H,6-11H2/t19-,20+/m0/s1. The van der Waals surface area contributed by atoms with Gasteiger partial charge in [0.25, 0.3) is 5.91 Å². The fourth-order valence-electron chi connectivity index (χ4n) is 5.09. The molecule has 3 saturated heterocycles. The number of aromatic nitrogens is 3. The molecule has 3 aromatic rings. The molecule has 0 saturated carbocycles. The van der Waals surface area contributed by atoms with Crippen molar-refractivity contribution in [3.63, 3.8) is 0 Å². The Morgan fingerprint density at radius 2 is 1.81 bits per heavy atom. The molecule has 3 aliphatic heterocycles. The zero-order chi connectivity index (χ0) is 20.8. The molecule has 3 fully saturated rings. The van der Waals surface area contributed by atoms with Crippen LogP contribution in [0.4, 0.5) is 5.95 Å². The molecule has 5 heterocycles. The summed E-state index contributed by atoms with van der Waals surface area (Å²) < 4.78 is 6.43. The number of fused-ring (bicyclic) bond motifs is 1. The normalized spacial score (nSPS) is 24.7. The van der Waals surface area contributed by atoms with E-state index >= 15 is 0 Å². The fourth-order valence-corrected chi connectivity index (χ4v) is 5.65. The lowest BCUT2D eigenvalue weighted by Gasteiger charge is -2.37. The second-order valence-electron chi connectivity index (χ2n) is 8.42. The number of carbonyl (C=O) groups is 1. The van der Waals surface area contributed by atoms with Crippen LogP contribution in [0.1, 0.15) is 37.3 Å². The highest BCUT2D eigenvalue weighted by Crippen LogP contribution is 2.47. The molecule has 2 aromatic heterocycles. The largest absolute Gasteiger partial charge is 0.342 e. The monoisotopic (exact) mass is 433 g/mol. The molecule has 0 radical (unpaired) electrons. The number of nitrogens with zero attached hydrogens (tertiary/aromatic N) is 5. The van der Waals surface area contributed by atoms with Crippen LogP contribution in [0.2, 0.25) is 0 Å². The van der Waals surface area contributed by atoms with Gasteiger partial charge in [0, 0.05) is 49.3 Å². The first-order valence-electron chi connectivity index (χ1n) is 10.7. The van der Waals surface area contributed by atoms with E-state index in [9.17, 15) is 4.79 Å². The van der Waals surface area contributed by atoms with Crippen molar-refractivity contribution in [2.75, 3.05) is 18.0 Å². The number of hydrogen-bond donors (Lipinski definition) is 0. The second kappa shape index (κ2) is 7.39. The lowest BCUT2D eigenvalue weighted by atomic mass is 9.89. The molecule has 8 heteroatoms. The molecule has 0 N–H and O–H groups in total. The van der Waals surface area contributed by atoms with Crippen molar-refractivity contribution in [3.8, 4) is 11.3 Å². The number of carbonyl (C=O) groups excluding carboxylic acids is 1. The van der Waals surface area contributed by atoms with Gasteiger partial charge in [0.15, 0.2) is 5.60 Å². The van der Waals surface area contributed by atoms with Crippen LogP contribution in [0.5, 0.6) is 0 Å². The van der Waals surface area contributed by atoms with Gasteiger partial charge in [-0.05, 0) is 18.4 Å². The third-order valence-electron chi connectivity index (χ3n) is 6.72. The van der Waals surface area contributed by atoms with Crippen molar-refractivity contribution >= 4 is 23.2 Å². The maximum atomic E-state index is 13.5. The van der Waals surface area contributed by atoms with Crippen molar-refractivity contribution in [2.24, 2.45) is 0 Å². The summed E-state index contributed by atoms with van der Waals surface area (Å²) in [6.45, 7) is 1.41. The van der Waals surface area contributed by atoms with Crippen molar-refractivity contribution in [1.82, 2.24) is 19.9 Å². The van der Waals surface area contributed by atoms with Gasteiger partial charge in [-0.1, -0.05) is 30.3 Å². The predicted molar refractivity (Wildman–Crippen MR) is 117 cm³/mol. The number of piperidine rings is 1. The molecule has 0 unspecified atom stereocenters. The van der Waals surface area contributed by atoms with Crippen molar-refractivity contribution in [1.29, 1.82) is 0 Å². The molecular weight excluding hydrogens is 410 g/mol. The molecule has 3 aliphatic rings. The third kappa shape index (κ3) is 3.13. The number of amides is 1.